The average molecular weight is 327 g/mol. The Balaban J connectivity index is 2.34. The number of nitrogens with zero attached hydrogens (tertiary/aromatic N) is 1. The van der Waals surface area contributed by atoms with Gasteiger partial charge in [-0.15, -0.1) is 11.3 Å². The molecule has 2 rings (SSSR count). The van der Waals surface area contributed by atoms with Crippen molar-refractivity contribution in [2.75, 3.05) is 18.6 Å². The number of thioether (sulfide) groups is 1. The van der Waals surface area contributed by atoms with E-state index in [1.807, 2.05) is 13.8 Å². The number of rotatable bonds is 3. The van der Waals surface area contributed by atoms with Crippen LogP contribution in [-0.4, -0.2) is 35.9 Å². The van der Waals surface area contributed by atoms with Crippen LogP contribution in [0.4, 0.5) is 5.00 Å². The highest BCUT2D eigenvalue weighted by Gasteiger charge is 2.36. The first-order chi connectivity index (χ1) is 9.85. The van der Waals surface area contributed by atoms with Crippen LogP contribution in [0.2, 0.25) is 0 Å². The topological polar surface area (TPSA) is 63.7 Å². The first-order valence-corrected chi connectivity index (χ1v) is 8.20. The molecular weight excluding hydrogens is 310 g/mol. The van der Waals surface area contributed by atoms with Gasteiger partial charge in [-0.1, -0.05) is 11.8 Å². The fraction of sp³-hybridized carbons (Fsp3) is 0.500. The first kappa shape index (κ1) is 16.0. The van der Waals surface area contributed by atoms with Crippen molar-refractivity contribution in [3.05, 3.63) is 16.0 Å². The average Bonchev–Trinajstić information content (AvgIpc) is 2.89. The van der Waals surface area contributed by atoms with E-state index in [4.69, 9.17) is 4.74 Å². The highest BCUT2D eigenvalue weighted by atomic mass is 32.2. The minimum Gasteiger partial charge on any atom is -0.465 e. The van der Waals surface area contributed by atoms with Gasteiger partial charge in [-0.05, 0) is 19.4 Å². The van der Waals surface area contributed by atoms with Gasteiger partial charge >= 0.3 is 5.97 Å². The van der Waals surface area contributed by atoms with Crippen molar-refractivity contribution < 1.29 is 19.1 Å². The minimum atomic E-state index is -0.428. The Hall–Kier alpha value is -1.34. The van der Waals surface area contributed by atoms with Gasteiger partial charge < -0.3 is 9.64 Å². The maximum absolute atomic E-state index is 12.2. The van der Waals surface area contributed by atoms with Crippen molar-refractivity contribution in [2.45, 2.75) is 32.4 Å². The molecule has 2 heterocycles. The van der Waals surface area contributed by atoms with Crippen molar-refractivity contribution in [3.63, 3.8) is 0 Å². The maximum Gasteiger partial charge on any atom is 0.341 e. The summed E-state index contributed by atoms with van der Waals surface area (Å²) < 4.78 is 4.83. The number of carbonyl (C=O) groups excluding carboxylic acids is 3. The number of ether oxygens (including phenoxy) is 1. The summed E-state index contributed by atoms with van der Waals surface area (Å²) in [6.45, 7) is 5.71. The number of amides is 1. The molecule has 1 aliphatic rings. The van der Waals surface area contributed by atoms with Crippen molar-refractivity contribution in [2.24, 2.45) is 0 Å². The number of thiophene rings is 1. The molecule has 0 N–H and O–H groups in total. The molecule has 0 bridgehead atoms. The number of esters is 1. The monoisotopic (exact) mass is 327 g/mol. The first-order valence-electron chi connectivity index (χ1n) is 6.51. The van der Waals surface area contributed by atoms with Gasteiger partial charge in [0.1, 0.15) is 5.00 Å². The molecular formula is C14H17NO4S2. The third kappa shape index (κ3) is 3.13. The van der Waals surface area contributed by atoms with Crippen molar-refractivity contribution in [3.8, 4) is 0 Å². The van der Waals surface area contributed by atoms with E-state index < -0.39 is 5.97 Å². The Bertz CT molecular complexity index is 608. The summed E-state index contributed by atoms with van der Waals surface area (Å²) in [5.41, 5.74) is 1.30. The lowest BCUT2D eigenvalue weighted by Gasteiger charge is -2.16. The Kier molecular flexibility index (Phi) is 4.73. The zero-order valence-corrected chi connectivity index (χ0v) is 14.0. The molecule has 0 radical (unpaired) electrons. The van der Waals surface area contributed by atoms with Crippen LogP contribution in [0, 0.1) is 13.8 Å². The molecule has 1 aromatic rings. The summed E-state index contributed by atoms with van der Waals surface area (Å²) in [7, 11) is 1.33. The standard InChI is InChI=1S/C14H17NO4S2/c1-7-8(2)20-13(12(7)14(18)19-4)15-6-10(5-11(15)17)21-9(3)16/h10H,5-6H2,1-4H3. The summed E-state index contributed by atoms with van der Waals surface area (Å²) in [5, 5.41) is 0.582. The molecule has 1 fully saturated rings. The van der Waals surface area contributed by atoms with Crippen LogP contribution in [0.5, 0.6) is 0 Å². The van der Waals surface area contributed by atoms with Crippen molar-refractivity contribution >= 4 is 45.1 Å². The molecule has 1 atom stereocenters. The van der Waals surface area contributed by atoms with Gasteiger partial charge in [-0.2, -0.15) is 0 Å². The number of aryl methyl sites for hydroxylation is 1. The summed E-state index contributed by atoms with van der Waals surface area (Å²) in [5.74, 6) is -0.484. The summed E-state index contributed by atoms with van der Waals surface area (Å²) in [6, 6.07) is 0. The Morgan fingerprint density at radius 2 is 2.05 bits per heavy atom. The number of hydrogen-bond donors (Lipinski definition) is 0. The van der Waals surface area contributed by atoms with Crippen molar-refractivity contribution in [1.82, 2.24) is 0 Å². The van der Waals surface area contributed by atoms with Crippen molar-refractivity contribution in [1.29, 1.82) is 0 Å². The molecule has 1 aliphatic heterocycles. The molecule has 0 saturated carbocycles. The largest absolute Gasteiger partial charge is 0.465 e. The molecule has 1 saturated heterocycles. The van der Waals surface area contributed by atoms with Gasteiger partial charge in [0.15, 0.2) is 5.12 Å². The number of carbonyl (C=O) groups is 3. The van der Waals surface area contributed by atoms with E-state index in [1.54, 1.807) is 4.90 Å². The minimum absolute atomic E-state index is 0.00128. The fourth-order valence-corrected chi connectivity index (χ4v) is 4.42. The predicted molar refractivity (Wildman–Crippen MR) is 84.2 cm³/mol. The normalized spacial score (nSPS) is 18.2. The van der Waals surface area contributed by atoms with Crippen LogP contribution >= 0.6 is 23.1 Å². The zero-order valence-electron chi connectivity index (χ0n) is 12.4. The predicted octanol–water partition coefficient (Wildman–Crippen LogP) is 2.54. The smallest absolute Gasteiger partial charge is 0.341 e. The van der Waals surface area contributed by atoms with Crippen LogP contribution in [0.1, 0.15) is 34.1 Å². The lowest BCUT2D eigenvalue weighted by atomic mass is 10.1. The third-order valence-electron chi connectivity index (χ3n) is 3.42. The van der Waals surface area contributed by atoms with Gasteiger partial charge in [-0.3, -0.25) is 9.59 Å². The maximum atomic E-state index is 12.2. The molecule has 0 aliphatic carbocycles. The van der Waals surface area contributed by atoms with Gasteiger partial charge in [0, 0.05) is 30.0 Å². The molecule has 1 aromatic heterocycles. The summed E-state index contributed by atoms with van der Waals surface area (Å²) in [4.78, 5) is 38.0. The molecule has 114 valence electrons. The highest BCUT2D eigenvalue weighted by molar-refractivity contribution is 8.14. The molecule has 1 amide bonds. The lowest BCUT2D eigenvalue weighted by Crippen LogP contribution is -2.26. The summed E-state index contributed by atoms with van der Waals surface area (Å²) in [6.07, 6.45) is 0.320. The van der Waals surface area contributed by atoms with Crippen LogP contribution in [0.25, 0.3) is 0 Å². The fourth-order valence-electron chi connectivity index (χ4n) is 2.33. The molecule has 0 aromatic carbocycles. The second-order valence-corrected chi connectivity index (χ2v) is 7.58. The summed E-state index contributed by atoms with van der Waals surface area (Å²) >= 11 is 2.60. The molecule has 7 heteroatoms. The Morgan fingerprint density at radius 1 is 1.38 bits per heavy atom. The van der Waals surface area contributed by atoms with Crippen LogP contribution in [-0.2, 0) is 14.3 Å². The second kappa shape index (κ2) is 6.19. The van der Waals surface area contributed by atoms with E-state index in [1.165, 1.54) is 37.1 Å². The number of hydrogen-bond acceptors (Lipinski definition) is 6. The van der Waals surface area contributed by atoms with E-state index in [0.29, 0.717) is 23.5 Å². The highest BCUT2D eigenvalue weighted by Crippen LogP contribution is 2.39. The molecule has 1 unspecified atom stereocenters. The van der Waals surface area contributed by atoms with Crippen LogP contribution in [0.15, 0.2) is 0 Å². The Labute approximate surface area is 131 Å². The SMILES string of the molecule is COC(=O)c1c(N2CC(SC(C)=O)CC2=O)sc(C)c1C. The molecule has 5 nitrogen and oxygen atoms in total. The zero-order chi connectivity index (χ0) is 15.7. The van der Waals surface area contributed by atoms with Crippen LogP contribution in [0.3, 0.4) is 0 Å². The van der Waals surface area contributed by atoms with Gasteiger partial charge in [0.05, 0.1) is 12.7 Å². The van der Waals surface area contributed by atoms with E-state index in [0.717, 1.165) is 10.4 Å². The molecule has 21 heavy (non-hydrogen) atoms. The third-order valence-corrected chi connectivity index (χ3v) is 5.63. The van der Waals surface area contributed by atoms with Crippen LogP contribution < -0.4 is 4.90 Å². The second-order valence-electron chi connectivity index (χ2n) is 4.89. The number of methoxy groups -OCH3 is 1. The molecule has 0 spiro atoms. The van der Waals surface area contributed by atoms with E-state index in [2.05, 4.69) is 0 Å². The van der Waals surface area contributed by atoms with E-state index >= 15 is 0 Å². The quantitative estimate of drug-likeness (QED) is 0.798. The lowest BCUT2D eigenvalue weighted by molar-refractivity contribution is -0.117. The van der Waals surface area contributed by atoms with Gasteiger partial charge in [-0.25, -0.2) is 4.79 Å². The van der Waals surface area contributed by atoms with Gasteiger partial charge in [0.2, 0.25) is 5.91 Å². The van der Waals surface area contributed by atoms with E-state index in [9.17, 15) is 14.4 Å². The van der Waals surface area contributed by atoms with Gasteiger partial charge in [0.25, 0.3) is 0 Å². The van der Waals surface area contributed by atoms with E-state index in [-0.39, 0.29) is 16.3 Å². The Morgan fingerprint density at radius 3 is 2.62 bits per heavy atom. The number of anilines is 1.